The SMILES string of the molecule is CO[C@@H]1C[C@H]2C3=CC[C@@H](O)[C@@]3(C)CC[C@@H]2[C@@]2(C)CC[C@@H]3C[C@]312. The number of hydrogen-bond acceptors (Lipinski definition) is 2. The molecule has 22 heavy (non-hydrogen) atoms. The van der Waals surface area contributed by atoms with Crippen LogP contribution in [0.4, 0.5) is 0 Å². The minimum Gasteiger partial charge on any atom is -0.392 e. The van der Waals surface area contributed by atoms with Crippen LogP contribution >= 0.6 is 0 Å². The summed E-state index contributed by atoms with van der Waals surface area (Å²) in [7, 11) is 1.94. The minimum atomic E-state index is -0.148. The van der Waals surface area contributed by atoms with Crippen LogP contribution in [-0.2, 0) is 4.74 Å². The third-order valence-corrected chi connectivity index (χ3v) is 9.19. The first-order chi connectivity index (χ1) is 10.5. The summed E-state index contributed by atoms with van der Waals surface area (Å²) < 4.78 is 6.08. The third-order valence-electron chi connectivity index (χ3n) is 9.19. The molecule has 5 aliphatic rings. The summed E-state index contributed by atoms with van der Waals surface area (Å²) in [4.78, 5) is 0. The van der Waals surface area contributed by atoms with E-state index in [1.54, 1.807) is 5.57 Å². The number of rotatable bonds is 1. The molecule has 8 atom stereocenters. The molecule has 5 rings (SSSR count). The second kappa shape index (κ2) is 4.00. The lowest BCUT2D eigenvalue weighted by Crippen LogP contribution is -2.55. The number of hydrogen-bond donors (Lipinski definition) is 1. The Bertz CT molecular complexity index is 554. The van der Waals surface area contributed by atoms with E-state index in [-0.39, 0.29) is 11.5 Å². The first-order valence-electron chi connectivity index (χ1n) is 9.39. The van der Waals surface area contributed by atoms with Crippen molar-refractivity contribution in [2.75, 3.05) is 7.11 Å². The fraction of sp³-hybridized carbons (Fsp3) is 0.900. The molecule has 1 spiro atoms. The van der Waals surface area contributed by atoms with Gasteiger partial charge in [-0.1, -0.05) is 25.5 Å². The lowest BCUT2D eigenvalue weighted by Gasteiger charge is -2.58. The number of ether oxygens (including phenoxy) is 1. The van der Waals surface area contributed by atoms with E-state index in [9.17, 15) is 5.11 Å². The van der Waals surface area contributed by atoms with Gasteiger partial charge in [0.25, 0.3) is 0 Å². The van der Waals surface area contributed by atoms with Gasteiger partial charge in [-0.25, -0.2) is 0 Å². The standard InChI is InChI=1S/C20H30O2/c1-18-8-7-15-13(14(18)4-5-16(18)21)10-17(22-3)20-11-12(20)6-9-19(15,20)2/h4,12-13,15-17,21H,5-11H2,1-3H3/t12-,13+,15+,16-,17-,18+,19-,20+/m1/s1. The lowest BCUT2D eigenvalue weighted by atomic mass is 9.47. The summed E-state index contributed by atoms with van der Waals surface area (Å²) in [5.74, 6) is 2.44. The van der Waals surface area contributed by atoms with Crippen LogP contribution in [0.25, 0.3) is 0 Å². The molecule has 0 aliphatic heterocycles. The van der Waals surface area contributed by atoms with E-state index in [0.29, 0.717) is 22.9 Å². The van der Waals surface area contributed by atoms with Crippen molar-refractivity contribution in [3.05, 3.63) is 11.6 Å². The van der Waals surface area contributed by atoms with E-state index < -0.39 is 0 Å². The maximum atomic E-state index is 10.5. The summed E-state index contributed by atoms with van der Waals surface area (Å²) in [5.41, 5.74) is 2.64. The zero-order valence-corrected chi connectivity index (χ0v) is 14.3. The molecule has 1 N–H and O–H groups in total. The zero-order valence-electron chi connectivity index (χ0n) is 14.3. The number of aliphatic hydroxyl groups is 1. The highest BCUT2D eigenvalue weighted by atomic mass is 16.5. The minimum absolute atomic E-state index is 0.0574. The summed E-state index contributed by atoms with van der Waals surface area (Å²) in [6, 6.07) is 0. The first-order valence-corrected chi connectivity index (χ1v) is 9.39. The Kier molecular flexibility index (Phi) is 2.56. The molecule has 0 saturated heterocycles. The van der Waals surface area contributed by atoms with Crippen LogP contribution in [0.2, 0.25) is 0 Å². The molecule has 122 valence electrons. The predicted molar refractivity (Wildman–Crippen MR) is 86.3 cm³/mol. The number of methoxy groups -OCH3 is 1. The Morgan fingerprint density at radius 3 is 2.77 bits per heavy atom. The molecule has 0 bridgehead atoms. The zero-order chi connectivity index (χ0) is 15.3. The maximum absolute atomic E-state index is 10.5. The van der Waals surface area contributed by atoms with Crippen molar-refractivity contribution < 1.29 is 9.84 Å². The maximum Gasteiger partial charge on any atom is 0.0665 e. The molecule has 0 aromatic carbocycles. The fourth-order valence-corrected chi connectivity index (χ4v) is 7.89. The Morgan fingerprint density at radius 1 is 1.23 bits per heavy atom. The molecule has 5 aliphatic carbocycles. The van der Waals surface area contributed by atoms with Gasteiger partial charge >= 0.3 is 0 Å². The van der Waals surface area contributed by atoms with Gasteiger partial charge in [-0.05, 0) is 68.1 Å². The summed E-state index contributed by atoms with van der Waals surface area (Å²) in [5, 5.41) is 10.5. The van der Waals surface area contributed by atoms with Gasteiger partial charge in [-0.3, -0.25) is 0 Å². The Hall–Kier alpha value is -0.340. The van der Waals surface area contributed by atoms with E-state index in [2.05, 4.69) is 19.9 Å². The van der Waals surface area contributed by atoms with Crippen molar-refractivity contribution in [1.82, 2.24) is 0 Å². The Morgan fingerprint density at radius 2 is 2.05 bits per heavy atom. The lowest BCUT2D eigenvalue weighted by molar-refractivity contribution is -0.125. The molecule has 0 aromatic heterocycles. The van der Waals surface area contributed by atoms with Gasteiger partial charge in [-0.2, -0.15) is 0 Å². The van der Waals surface area contributed by atoms with Crippen LogP contribution in [0.15, 0.2) is 11.6 Å². The van der Waals surface area contributed by atoms with E-state index >= 15 is 0 Å². The molecule has 0 aromatic rings. The molecular formula is C20H30O2. The van der Waals surface area contributed by atoms with Crippen molar-refractivity contribution in [1.29, 1.82) is 0 Å². The monoisotopic (exact) mass is 302 g/mol. The second-order valence-corrected chi connectivity index (χ2v) is 9.44. The van der Waals surface area contributed by atoms with Crippen LogP contribution in [0.3, 0.4) is 0 Å². The van der Waals surface area contributed by atoms with E-state index in [4.69, 9.17) is 4.74 Å². The number of aliphatic hydroxyl groups excluding tert-OH is 1. The quantitative estimate of drug-likeness (QED) is 0.744. The normalized spacial score (nSPS) is 61.8. The first kappa shape index (κ1) is 14.0. The molecule has 4 fully saturated rings. The molecule has 0 radical (unpaired) electrons. The number of fused-ring (bicyclic) bond motifs is 4. The molecule has 2 heteroatoms. The smallest absolute Gasteiger partial charge is 0.0665 e. The van der Waals surface area contributed by atoms with Crippen molar-refractivity contribution >= 4 is 0 Å². The van der Waals surface area contributed by atoms with Gasteiger partial charge in [0, 0.05) is 17.9 Å². The molecule has 0 unspecified atom stereocenters. The van der Waals surface area contributed by atoms with Crippen LogP contribution in [0.1, 0.15) is 58.8 Å². The van der Waals surface area contributed by atoms with Crippen molar-refractivity contribution in [2.24, 2.45) is 34.0 Å². The fourth-order valence-electron chi connectivity index (χ4n) is 7.89. The highest BCUT2D eigenvalue weighted by Gasteiger charge is 2.77. The molecular weight excluding hydrogens is 272 g/mol. The average molecular weight is 302 g/mol. The summed E-state index contributed by atoms with van der Waals surface area (Å²) in [6.45, 7) is 4.91. The average Bonchev–Trinajstić information content (AvgIpc) is 3.05. The molecule has 0 amide bonds. The van der Waals surface area contributed by atoms with E-state index in [1.165, 1.54) is 38.5 Å². The van der Waals surface area contributed by atoms with Gasteiger partial charge in [0.1, 0.15) is 0 Å². The Balaban J connectivity index is 1.58. The van der Waals surface area contributed by atoms with Crippen LogP contribution in [-0.4, -0.2) is 24.4 Å². The van der Waals surface area contributed by atoms with Crippen LogP contribution < -0.4 is 0 Å². The highest BCUT2D eigenvalue weighted by molar-refractivity contribution is 5.34. The van der Waals surface area contributed by atoms with E-state index in [0.717, 1.165) is 18.3 Å². The second-order valence-electron chi connectivity index (χ2n) is 9.44. The molecule has 0 heterocycles. The van der Waals surface area contributed by atoms with Gasteiger partial charge < -0.3 is 9.84 Å². The predicted octanol–water partition coefficient (Wildman–Crippen LogP) is 3.94. The molecule has 2 nitrogen and oxygen atoms in total. The van der Waals surface area contributed by atoms with Crippen molar-refractivity contribution in [2.45, 2.75) is 71.0 Å². The van der Waals surface area contributed by atoms with Gasteiger partial charge in [0.2, 0.25) is 0 Å². The Labute approximate surface area is 134 Å². The highest BCUT2D eigenvalue weighted by Crippen LogP contribution is 2.81. The van der Waals surface area contributed by atoms with Crippen LogP contribution in [0.5, 0.6) is 0 Å². The van der Waals surface area contributed by atoms with Gasteiger partial charge in [-0.15, -0.1) is 0 Å². The van der Waals surface area contributed by atoms with Crippen molar-refractivity contribution in [3.8, 4) is 0 Å². The van der Waals surface area contributed by atoms with Gasteiger partial charge in [0.15, 0.2) is 0 Å². The largest absolute Gasteiger partial charge is 0.392 e. The van der Waals surface area contributed by atoms with Gasteiger partial charge in [0.05, 0.1) is 12.2 Å². The molecule has 4 saturated carbocycles. The van der Waals surface area contributed by atoms with E-state index in [1.807, 2.05) is 7.11 Å². The van der Waals surface area contributed by atoms with Crippen molar-refractivity contribution in [3.63, 3.8) is 0 Å². The van der Waals surface area contributed by atoms with Crippen LogP contribution in [0, 0.1) is 34.0 Å². The summed E-state index contributed by atoms with van der Waals surface area (Å²) in [6.07, 6.45) is 11.5. The third kappa shape index (κ3) is 1.30. The summed E-state index contributed by atoms with van der Waals surface area (Å²) >= 11 is 0. The topological polar surface area (TPSA) is 29.5 Å².